The zero-order valence-corrected chi connectivity index (χ0v) is 15.1. The van der Waals surface area contributed by atoms with E-state index < -0.39 is 12.2 Å². The first-order valence-corrected chi connectivity index (χ1v) is 8.70. The first kappa shape index (κ1) is 19.9. The second kappa shape index (κ2) is 9.94. The summed E-state index contributed by atoms with van der Waals surface area (Å²) in [6.07, 6.45) is 3.00. The number of carbonyl (C=O) groups excluding carboxylic acids is 2. The standard InChI is InChI=1S/C19H26N2O5/c1-3-18(23)21-15-9-8-14(26-17(15)12-22)10-19(24)20-11-13-6-4-5-7-16(13)25-2/h4-9,14-15,17,22H,3,10-12H2,1-2H3,(H,20,24)(H,21,23)/t14-,15+,17+/m0/s1. The molecule has 142 valence electrons. The lowest BCUT2D eigenvalue weighted by molar-refractivity contribution is -0.128. The van der Waals surface area contributed by atoms with E-state index in [-0.39, 0.29) is 30.9 Å². The lowest BCUT2D eigenvalue weighted by atomic mass is 10.0. The van der Waals surface area contributed by atoms with Gasteiger partial charge in [0.05, 0.1) is 32.3 Å². The molecular weight excluding hydrogens is 336 g/mol. The molecule has 1 aromatic rings. The molecule has 7 heteroatoms. The summed E-state index contributed by atoms with van der Waals surface area (Å²) in [7, 11) is 1.59. The first-order valence-electron chi connectivity index (χ1n) is 8.70. The van der Waals surface area contributed by atoms with Gasteiger partial charge in [-0.05, 0) is 6.07 Å². The fourth-order valence-electron chi connectivity index (χ4n) is 2.72. The van der Waals surface area contributed by atoms with Gasteiger partial charge in [0.1, 0.15) is 11.9 Å². The van der Waals surface area contributed by atoms with Gasteiger partial charge in [-0.25, -0.2) is 0 Å². The van der Waals surface area contributed by atoms with Crippen LogP contribution in [0.1, 0.15) is 25.3 Å². The average molecular weight is 362 g/mol. The Bertz CT molecular complexity index is 647. The lowest BCUT2D eigenvalue weighted by Gasteiger charge is -2.31. The van der Waals surface area contributed by atoms with Crippen molar-refractivity contribution < 1.29 is 24.2 Å². The van der Waals surface area contributed by atoms with E-state index in [0.29, 0.717) is 13.0 Å². The van der Waals surface area contributed by atoms with E-state index in [1.165, 1.54) is 0 Å². The average Bonchev–Trinajstić information content (AvgIpc) is 2.67. The van der Waals surface area contributed by atoms with Crippen LogP contribution in [-0.2, 0) is 20.9 Å². The van der Waals surface area contributed by atoms with Crippen LogP contribution < -0.4 is 15.4 Å². The normalized spacial score (nSPS) is 21.9. The molecule has 2 rings (SSSR count). The minimum Gasteiger partial charge on any atom is -0.496 e. The largest absolute Gasteiger partial charge is 0.496 e. The first-order chi connectivity index (χ1) is 12.6. The third kappa shape index (κ3) is 5.57. The van der Waals surface area contributed by atoms with Gasteiger partial charge in [-0.1, -0.05) is 37.3 Å². The number of hydrogen-bond donors (Lipinski definition) is 3. The molecule has 7 nitrogen and oxygen atoms in total. The highest BCUT2D eigenvalue weighted by atomic mass is 16.5. The number of carbonyl (C=O) groups is 2. The van der Waals surface area contributed by atoms with Crippen LogP contribution in [-0.4, -0.2) is 48.9 Å². The summed E-state index contributed by atoms with van der Waals surface area (Å²) < 4.78 is 11.0. The Morgan fingerprint density at radius 1 is 1.23 bits per heavy atom. The van der Waals surface area contributed by atoms with Crippen LogP contribution >= 0.6 is 0 Å². The van der Waals surface area contributed by atoms with Gasteiger partial charge in [0.15, 0.2) is 0 Å². The van der Waals surface area contributed by atoms with Crippen LogP contribution in [0.15, 0.2) is 36.4 Å². The molecule has 1 aromatic carbocycles. The van der Waals surface area contributed by atoms with Crippen LogP contribution in [0.3, 0.4) is 0 Å². The van der Waals surface area contributed by atoms with Crippen molar-refractivity contribution in [3.8, 4) is 5.75 Å². The monoisotopic (exact) mass is 362 g/mol. The molecule has 3 N–H and O–H groups in total. The molecule has 0 aliphatic carbocycles. The molecule has 0 spiro atoms. The molecule has 0 unspecified atom stereocenters. The van der Waals surface area contributed by atoms with Crippen molar-refractivity contribution in [1.29, 1.82) is 0 Å². The van der Waals surface area contributed by atoms with Gasteiger partial charge in [0, 0.05) is 18.5 Å². The van der Waals surface area contributed by atoms with Crippen LogP contribution in [0.4, 0.5) is 0 Å². The van der Waals surface area contributed by atoms with Crippen molar-refractivity contribution in [2.45, 2.75) is 44.6 Å². The molecule has 0 fully saturated rings. The van der Waals surface area contributed by atoms with E-state index in [4.69, 9.17) is 9.47 Å². The molecule has 26 heavy (non-hydrogen) atoms. The summed E-state index contributed by atoms with van der Waals surface area (Å²) in [4.78, 5) is 23.7. The van der Waals surface area contributed by atoms with Crippen molar-refractivity contribution in [3.63, 3.8) is 0 Å². The molecule has 0 aromatic heterocycles. The molecule has 0 radical (unpaired) electrons. The Balaban J connectivity index is 1.87. The van der Waals surface area contributed by atoms with E-state index >= 15 is 0 Å². The van der Waals surface area contributed by atoms with Gasteiger partial charge in [-0.15, -0.1) is 0 Å². The zero-order valence-electron chi connectivity index (χ0n) is 15.1. The SMILES string of the molecule is CCC(=O)N[C@@H]1C=C[C@@H](CC(=O)NCc2ccccc2OC)O[C@@H]1CO. The van der Waals surface area contributed by atoms with E-state index in [0.717, 1.165) is 11.3 Å². The number of benzene rings is 1. The summed E-state index contributed by atoms with van der Waals surface area (Å²) >= 11 is 0. The summed E-state index contributed by atoms with van der Waals surface area (Å²) in [5, 5.41) is 15.1. The smallest absolute Gasteiger partial charge is 0.223 e. The van der Waals surface area contributed by atoms with Gasteiger partial charge < -0.3 is 25.2 Å². The molecule has 1 aliphatic heterocycles. The third-order valence-electron chi connectivity index (χ3n) is 4.17. The lowest BCUT2D eigenvalue weighted by Crippen LogP contribution is -2.48. The Labute approximate surface area is 153 Å². The van der Waals surface area contributed by atoms with Gasteiger partial charge in [-0.2, -0.15) is 0 Å². The number of ether oxygens (including phenoxy) is 2. The molecule has 3 atom stereocenters. The quantitative estimate of drug-likeness (QED) is 0.598. The predicted molar refractivity (Wildman–Crippen MR) is 96.6 cm³/mol. The van der Waals surface area contributed by atoms with E-state index in [1.807, 2.05) is 24.3 Å². The van der Waals surface area contributed by atoms with Crippen molar-refractivity contribution in [2.75, 3.05) is 13.7 Å². The maximum atomic E-state index is 12.2. The minimum atomic E-state index is -0.567. The molecule has 0 saturated carbocycles. The predicted octanol–water partition coefficient (Wildman–Crippen LogP) is 0.912. The second-order valence-corrected chi connectivity index (χ2v) is 6.02. The number of para-hydroxylation sites is 1. The summed E-state index contributed by atoms with van der Waals surface area (Å²) in [5.41, 5.74) is 0.888. The topological polar surface area (TPSA) is 96.9 Å². The molecular formula is C19H26N2O5. The number of rotatable bonds is 8. The molecule has 0 saturated heterocycles. The minimum absolute atomic E-state index is 0.116. The summed E-state index contributed by atoms with van der Waals surface area (Å²) in [5.74, 6) is 0.435. The molecule has 0 bridgehead atoms. The maximum absolute atomic E-state index is 12.2. The van der Waals surface area contributed by atoms with Gasteiger partial charge in [0.2, 0.25) is 11.8 Å². The van der Waals surface area contributed by atoms with Gasteiger partial charge in [0.25, 0.3) is 0 Å². The molecule has 2 amide bonds. The molecule has 1 heterocycles. The Hall–Kier alpha value is -2.38. The summed E-state index contributed by atoms with van der Waals surface area (Å²) in [6.45, 7) is 1.88. The second-order valence-electron chi connectivity index (χ2n) is 6.02. The van der Waals surface area contributed by atoms with Gasteiger partial charge in [-0.3, -0.25) is 9.59 Å². The van der Waals surface area contributed by atoms with Crippen LogP contribution in [0.25, 0.3) is 0 Å². The number of hydrogen-bond acceptors (Lipinski definition) is 5. The van der Waals surface area contributed by atoms with Gasteiger partial charge >= 0.3 is 0 Å². The van der Waals surface area contributed by atoms with E-state index in [9.17, 15) is 14.7 Å². The highest BCUT2D eigenvalue weighted by Gasteiger charge is 2.28. The van der Waals surface area contributed by atoms with Crippen LogP contribution in [0, 0.1) is 0 Å². The Kier molecular flexibility index (Phi) is 7.62. The van der Waals surface area contributed by atoms with Crippen molar-refractivity contribution in [2.24, 2.45) is 0 Å². The maximum Gasteiger partial charge on any atom is 0.223 e. The number of nitrogens with one attached hydrogen (secondary N) is 2. The van der Waals surface area contributed by atoms with E-state index in [2.05, 4.69) is 10.6 Å². The van der Waals surface area contributed by atoms with E-state index in [1.54, 1.807) is 26.2 Å². The fraction of sp³-hybridized carbons (Fsp3) is 0.474. The van der Waals surface area contributed by atoms with Crippen LogP contribution in [0.2, 0.25) is 0 Å². The van der Waals surface area contributed by atoms with Crippen molar-refractivity contribution in [1.82, 2.24) is 10.6 Å². The number of amides is 2. The number of aliphatic hydroxyl groups excluding tert-OH is 1. The van der Waals surface area contributed by atoms with Crippen molar-refractivity contribution in [3.05, 3.63) is 42.0 Å². The summed E-state index contributed by atoms with van der Waals surface area (Å²) in [6, 6.07) is 7.09. The van der Waals surface area contributed by atoms with Crippen molar-refractivity contribution >= 4 is 11.8 Å². The van der Waals surface area contributed by atoms with Crippen LogP contribution in [0.5, 0.6) is 5.75 Å². The highest BCUT2D eigenvalue weighted by molar-refractivity contribution is 5.77. The highest BCUT2D eigenvalue weighted by Crippen LogP contribution is 2.18. The molecule has 1 aliphatic rings. The number of methoxy groups -OCH3 is 1. The zero-order chi connectivity index (χ0) is 18.9. The Morgan fingerprint density at radius 2 is 2.00 bits per heavy atom. The fourth-order valence-corrected chi connectivity index (χ4v) is 2.72. The number of aliphatic hydroxyl groups is 1. The third-order valence-corrected chi connectivity index (χ3v) is 4.17. The Morgan fingerprint density at radius 3 is 2.69 bits per heavy atom.